The third-order valence-corrected chi connectivity index (χ3v) is 5.47. The molecular formula is C22H29N7O6S. The highest BCUT2D eigenvalue weighted by molar-refractivity contribution is 7.80. The molecular weight excluding hydrogens is 490 g/mol. The molecule has 4 unspecified atom stereocenters. The van der Waals surface area contributed by atoms with Crippen LogP contribution in [0.15, 0.2) is 42.9 Å². The fourth-order valence-electron chi connectivity index (χ4n) is 3.19. The first kappa shape index (κ1) is 28.3. The zero-order valence-electron chi connectivity index (χ0n) is 19.2. The van der Waals surface area contributed by atoms with E-state index in [0.29, 0.717) is 11.3 Å². The number of amides is 4. The van der Waals surface area contributed by atoms with E-state index in [4.69, 9.17) is 11.5 Å². The van der Waals surface area contributed by atoms with Gasteiger partial charge in [0.2, 0.25) is 23.6 Å². The van der Waals surface area contributed by atoms with Crippen molar-refractivity contribution in [2.75, 3.05) is 5.75 Å². The Hall–Kier alpha value is -3.91. The molecule has 13 nitrogen and oxygen atoms in total. The Labute approximate surface area is 212 Å². The molecule has 2 rings (SSSR count). The number of primary amides is 1. The van der Waals surface area contributed by atoms with Gasteiger partial charge in [-0.3, -0.25) is 19.2 Å². The Morgan fingerprint density at radius 2 is 1.56 bits per heavy atom. The summed E-state index contributed by atoms with van der Waals surface area (Å²) in [7, 11) is 0. The van der Waals surface area contributed by atoms with Gasteiger partial charge >= 0.3 is 5.97 Å². The second-order valence-electron chi connectivity index (χ2n) is 7.95. The van der Waals surface area contributed by atoms with Gasteiger partial charge in [0, 0.05) is 30.5 Å². The molecule has 0 radical (unpaired) electrons. The highest BCUT2D eigenvalue weighted by Gasteiger charge is 2.31. The number of carbonyl (C=O) groups is 5. The number of nitrogens with zero attached hydrogens (tertiary/aromatic N) is 1. The maximum atomic E-state index is 13.1. The van der Waals surface area contributed by atoms with E-state index in [1.165, 1.54) is 12.5 Å². The minimum atomic E-state index is -1.42. The van der Waals surface area contributed by atoms with Crippen LogP contribution in [-0.2, 0) is 36.8 Å². The summed E-state index contributed by atoms with van der Waals surface area (Å²) in [5.74, 6) is -4.58. The zero-order chi connectivity index (χ0) is 26.7. The van der Waals surface area contributed by atoms with Crippen LogP contribution in [0.5, 0.6) is 0 Å². The molecule has 14 heteroatoms. The van der Waals surface area contributed by atoms with Crippen molar-refractivity contribution in [3.05, 3.63) is 54.1 Å². The van der Waals surface area contributed by atoms with E-state index in [9.17, 15) is 29.1 Å². The molecule has 1 aromatic carbocycles. The van der Waals surface area contributed by atoms with Crippen LogP contribution in [0.25, 0.3) is 0 Å². The standard InChI is InChI=1S/C22H29N7O6S/c23-14(10-36)19(31)27-16(8-18(24)30)21(33)28-15(7-13-9-25-11-26-13)20(32)29-17(22(34)35)6-12-4-2-1-3-5-12/h1-5,9,11,14-17,36H,6-8,10,23H2,(H2,24,30)(H,25,26)(H,27,31)(H,28,33)(H,29,32)(H,34,35). The minimum Gasteiger partial charge on any atom is -0.480 e. The number of carboxylic acid groups (broad SMARTS) is 1. The first-order valence-corrected chi connectivity index (χ1v) is 11.5. The molecule has 194 valence electrons. The van der Waals surface area contributed by atoms with Crippen LogP contribution in [0.4, 0.5) is 0 Å². The Balaban J connectivity index is 2.21. The number of nitrogens with one attached hydrogen (secondary N) is 4. The highest BCUT2D eigenvalue weighted by atomic mass is 32.1. The molecule has 0 spiro atoms. The molecule has 0 fully saturated rings. The summed E-state index contributed by atoms with van der Waals surface area (Å²) in [5, 5.41) is 16.8. The highest BCUT2D eigenvalue weighted by Crippen LogP contribution is 2.06. The number of benzene rings is 1. The van der Waals surface area contributed by atoms with Crippen molar-refractivity contribution in [2.45, 2.75) is 43.4 Å². The van der Waals surface area contributed by atoms with Gasteiger partial charge in [-0.05, 0) is 5.56 Å². The molecule has 4 atom stereocenters. The summed E-state index contributed by atoms with van der Waals surface area (Å²) in [5.41, 5.74) is 12.0. The molecule has 2 aromatic rings. The number of carboxylic acids is 1. The quantitative estimate of drug-likeness (QED) is 0.128. The fourth-order valence-corrected chi connectivity index (χ4v) is 3.36. The number of aromatic nitrogens is 2. The van der Waals surface area contributed by atoms with Crippen molar-refractivity contribution in [1.82, 2.24) is 25.9 Å². The smallest absolute Gasteiger partial charge is 0.326 e. The van der Waals surface area contributed by atoms with Gasteiger partial charge < -0.3 is 37.5 Å². The number of aliphatic carboxylic acids is 1. The lowest BCUT2D eigenvalue weighted by atomic mass is 10.0. The van der Waals surface area contributed by atoms with Gasteiger partial charge in [0.25, 0.3) is 0 Å². The van der Waals surface area contributed by atoms with Gasteiger partial charge in [-0.25, -0.2) is 9.78 Å². The van der Waals surface area contributed by atoms with Crippen molar-refractivity contribution in [3.8, 4) is 0 Å². The van der Waals surface area contributed by atoms with E-state index < -0.39 is 60.2 Å². The average molecular weight is 520 g/mol. The predicted molar refractivity (Wildman–Crippen MR) is 132 cm³/mol. The lowest BCUT2D eigenvalue weighted by Crippen LogP contribution is -2.58. The maximum absolute atomic E-state index is 13.1. The zero-order valence-corrected chi connectivity index (χ0v) is 20.1. The summed E-state index contributed by atoms with van der Waals surface area (Å²) >= 11 is 3.93. The van der Waals surface area contributed by atoms with Gasteiger partial charge in [-0.15, -0.1) is 0 Å². The van der Waals surface area contributed by atoms with E-state index in [2.05, 4.69) is 38.5 Å². The topological polar surface area (TPSA) is 222 Å². The van der Waals surface area contributed by atoms with Gasteiger partial charge in [0.1, 0.15) is 18.1 Å². The molecule has 1 heterocycles. The SMILES string of the molecule is NC(=O)CC(NC(=O)C(N)CS)C(=O)NC(Cc1cnc[nH]1)C(=O)NC(Cc1ccccc1)C(=O)O. The first-order chi connectivity index (χ1) is 17.1. The van der Waals surface area contributed by atoms with Gasteiger partial charge in [-0.1, -0.05) is 30.3 Å². The molecule has 0 aliphatic rings. The van der Waals surface area contributed by atoms with Crippen molar-refractivity contribution < 1.29 is 29.1 Å². The Morgan fingerprint density at radius 3 is 2.11 bits per heavy atom. The minimum absolute atomic E-state index is 0.00854. The number of hydrogen-bond acceptors (Lipinski definition) is 8. The van der Waals surface area contributed by atoms with Crippen LogP contribution in [0.3, 0.4) is 0 Å². The number of nitrogens with two attached hydrogens (primary N) is 2. The number of hydrogen-bond donors (Lipinski definition) is 8. The van der Waals surface area contributed by atoms with Gasteiger partial charge in [-0.2, -0.15) is 12.6 Å². The fraction of sp³-hybridized carbons (Fsp3) is 0.364. The molecule has 36 heavy (non-hydrogen) atoms. The Morgan fingerprint density at radius 1 is 0.944 bits per heavy atom. The van der Waals surface area contributed by atoms with E-state index in [0.717, 1.165) is 0 Å². The molecule has 0 aliphatic heterocycles. The molecule has 0 bridgehead atoms. The summed E-state index contributed by atoms with van der Waals surface area (Å²) in [6.07, 6.45) is 2.17. The van der Waals surface area contributed by atoms with Crippen LogP contribution >= 0.6 is 12.6 Å². The van der Waals surface area contributed by atoms with Gasteiger partial charge in [0.15, 0.2) is 0 Å². The maximum Gasteiger partial charge on any atom is 0.326 e. The third-order valence-electron chi connectivity index (χ3n) is 5.08. The lowest BCUT2D eigenvalue weighted by Gasteiger charge is -2.24. The molecule has 0 saturated heterocycles. The predicted octanol–water partition coefficient (Wildman–Crippen LogP) is -2.13. The second-order valence-corrected chi connectivity index (χ2v) is 8.32. The van der Waals surface area contributed by atoms with Crippen molar-refractivity contribution >= 4 is 42.2 Å². The van der Waals surface area contributed by atoms with E-state index in [-0.39, 0.29) is 18.6 Å². The van der Waals surface area contributed by atoms with Crippen molar-refractivity contribution in [1.29, 1.82) is 0 Å². The van der Waals surface area contributed by atoms with Crippen LogP contribution < -0.4 is 27.4 Å². The van der Waals surface area contributed by atoms with E-state index in [1.807, 2.05) is 0 Å². The number of H-pyrrole nitrogens is 1. The Kier molecular flexibility index (Phi) is 10.9. The number of aromatic amines is 1. The summed E-state index contributed by atoms with van der Waals surface area (Å²) in [4.78, 5) is 68.2. The van der Waals surface area contributed by atoms with Crippen molar-refractivity contribution in [3.63, 3.8) is 0 Å². The summed E-state index contributed by atoms with van der Waals surface area (Å²) in [6, 6.07) is 3.67. The third kappa shape index (κ3) is 9.03. The second kappa shape index (κ2) is 13.8. The monoisotopic (exact) mass is 519 g/mol. The molecule has 9 N–H and O–H groups in total. The molecule has 0 saturated carbocycles. The lowest BCUT2D eigenvalue weighted by molar-refractivity contribution is -0.142. The first-order valence-electron chi connectivity index (χ1n) is 10.9. The van der Waals surface area contributed by atoms with Gasteiger partial charge in [0.05, 0.1) is 18.8 Å². The molecule has 1 aromatic heterocycles. The van der Waals surface area contributed by atoms with Crippen LogP contribution in [0.1, 0.15) is 17.7 Å². The molecule has 0 aliphatic carbocycles. The summed E-state index contributed by atoms with van der Waals surface area (Å²) < 4.78 is 0. The Bertz CT molecular complexity index is 1050. The van der Waals surface area contributed by atoms with E-state index >= 15 is 0 Å². The molecule has 4 amide bonds. The number of imidazole rings is 1. The number of rotatable bonds is 14. The average Bonchev–Trinajstić information content (AvgIpc) is 3.35. The van der Waals surface area contributed by atoms with Crippen LogP contribution in [-0.4, -0.2) is 74.6 Å². The van der Waals surface area contributed by atoms with E-state index in [1.54, 1.807) is 30.3 Å². The largest absolute Gasteiger partial charge is 0.480 e. The number of thiol groups is 1. The van der Waals surface area contributed by atoms with Crippen LogP contribution in [0, 0.1) is 0 Å². The normalized spacial score (nSPS) is 14.1. The number of carbonyl (C=O) groups excluding carboxylic acids is 4. The van der Waals surface area contributed by atoms with Crippen molar-refractivity contribution in [2.24, 2.45) is 11.5 Å². The van der Waals surface area contributed by atoms with Crippen LogP contribution in [0.2, 0.25) is 0 Å². The summed E-state index contributed by atoms with van der Waals surface area (Å²) in [6.45, 7) is 0.